The Morgan fingerprint density at radius 2 is 2.27 bits per heavy atom. The van der Waals surface area contributed by atoms with Crippen molar-refractivity contribution in [2.45, 2.75) is 13.1 Å². The number of piperazine rings is 1. The summed E-state index contributed by atoms with van der Waals surface area (Å²) in [7, 11) is 0. The highest BCUT2D eigenvalue weighted by atomic mass is 15.2. The van der Waals surface area contributed by atoms with E-state index in [1.807, 2.05) is 10.8 Å². The zero-order valence-electron chi connectivity index (χ0n) is 8.69. The Morgan fingerprint density at radius 1 is 1.47 bits per heavy atom. The molecule has 1 saturated heterocycles. The van der Waals surface area contributed by atoms with E-state index in [-0.39, 0.29) is 0 Å². The first kappa shape index (κ1) is 10.1. The average Bonchev–Trinajstić information content (AvgIpc) is 2.68. The molecule has 0 spiro atoms. The van der Waals surface area contributed by atoms with E-state index in [2.05, 4.69) is 21.3 Å². The predicted molar refractivity (Wildman–Crippen MR) is 56.0 cm³/mol. The number of nitrogens with zero attached hydrogens (tertiary/aromatic N) is 4. The van der Waals surface area contributed by atoms with Crippen LogP contribution in [0.3, 0.4) is 0 Å². The third-order valence-electron chi connectivity index (χ3n) is 2.63. The molecule has 5 nitrogen and oxygen atoms in total. The Labute approximate surface area is 89.3 Å². The highest BCUT2D eigenvalue weighted by Crippen LogP contribution is 2.05. The van der Waals surface area contributed by atoms with Crippen molar-refractivity contribution >= 4 is 0 Å². The fourth-order valence-electron chi connectivity index (χ4n) is 1.80. The lowest BCUT2D eigenvalue weighted by Crippen LogP contribution is -2.43. The normalized spacial score (nSPS) is 17.5. The van der Waals surface area contributed by atoms with Crippen LogP contribution in [-0.2, 0) is 13.1 Å². The number of nitrogens with one attached hydrogen (secondary N) is 1. The minimum absolute atomic E-state index is 0.390. The first-order valence-corrected chi connectivity index (χ1v) is 5.19. The molecule has 1 aliphatic rings. The molecule has 1 aromatic rings. The molecule has 1 fully saturated rings. The smallest absolute Gasteiger partial charge is 0.111 e. The molecule has 0 aliphatic carbocycles. The van der Waals surface area contributed by atoms with Gasteiger partial charge >= 0.3 is 0 Å². The van der Waals surface area contributed by atoms with Gasteiger partial charge in [-0.2, -0.15) is 5.26 Å². The van der Waals surface area contributed by atoms with Gasteiger partial charge in [-0.1, -0.05) is 0 Å². The minimum atomic E-state index is 0.390. The number of rotatable bonds is 3. The number of hydrogen-bond donors (Lipinski definition) is 1. The SMILES string of the molecule is N#CCn1cncc1CN1CCNCC1. The quantitative estimate of drug-likeness (QED) is 0.743. The predicted octanol–water partition coefficient (Wildman–Crippen LogP) is -0.188. The van der Waals surface area contributed by atoms with Crippen molar-refractivity contribution in [1.82, 2.24) is 19.8 Å². The van der Waals surface area contributed by atoms with Crippen LogP contribution in [-0.4, -0.2) is 40.6 Å². The van der Waals surface area contributed by atoms with Crippen molar-refractivity contribution in [3.8, 4) is 6.07 Å². The van der Waals surface area contributed by atoms with Crippen LogP contribution in [0, 0.1) is 11.3 Å². The maximum Gasteiger partial charge on any atom is 0.111 e. The lowest BCUT2D eigenvalue weighted by Gasteiger charge is -2.27. The maximum atomic E-state index is 8.65. The van der Waals surface area contributed by atoms with Gasteiger partial charge in [-0.05, 0) is 0 Å². The first-order chi connectivity index (χ1) is 7.40. The van der Waals surface area contributed by atoms with Crippen LogP contribution in [0.4, 0.5) is 0 Å². The summed E-state index contributed by atoms with van der Waals surface area (Å²) < 4.78 is 1.90. The van der Waals surface area contributed by atoms with Crippen LogP contribution < -0.4 is 5.32 Å². The highest BCUT2D eigenvalue weighted by Gasteiger charge is 2.11. The van der Waals surface area contributed by atoms with Gasteiger partial charge < -0.3 is 9.88 Å². The Balaban J connectivity index is 1.97. The van der Waals surface area contributed by atoms with E-state index in [0.29, 0.717) is 6.54 Å². The molecule has 1 aliphatic heterocycles. The van der Waals surface area contributed by atoms with Crippen molar-refractivity contribution in [3.05, 3.63) is 18.2 Å². The topological polar surface area (TPSA) is 56.9 Å². The van der Waals surface area contributed by atoms with E-state index in [4.69, 9.17) is 5.26 Å². The zero-order chi connectivity index (χ0) is 10.5. The van der Waals surface area contributed by atoms with Crippen molar-refractivity contribution in [2.24, 2.45) is 0 Å². The van der Waals surface area contributed by atoms with Crippen molar-refractivity contribution in [3.63, 3.8) is 0 Å². The van der Waals surface area contributed by atoms with Crippen LogP contribution in [0.2, 0.25) is 0 Å². The Kier molecular flexibility index (Phi) is 3.33. The summed E-state index contributed by atoms with van der Waals surface area (Å²) in [6.07, 6.45) is 3.57. The van der Waals surface area contributed by atoms with Gasteiger partial charge in [-0.3, -0.25) is 4.90 Å². The van der Waals surface area contributed by atoms with Crippen molar-refractivity contribution < 1.29 is 0 Å². The van der Waals surface area contributed by atoms with E-state index in [1.54, 1.807) is 6.33 Å². The molecule has 0 bridgehead atoms. The van der Waals surface area contributed by atoms with E-state index >= 15 is 0 Å². The Hall–Kier alpha value is -1.38. The number of nitriles is 1. The summed E-state index contributed by atoms with van der Waals surface area (Å²) in [6.45, 7) is 5.51. The fraction of sp³-hybridized carbons (Fsp3) is 0.600. The highest BCUT2D eigenvalue weighted by molar-refractivity contribution is 5.00. The van der Waals surface area contributed by atoms with Crippen LogP contribution >= 0.6 is 0 Å². The third-order valence-corrected chi connectivity index (χ3v) is 2.63. The van der Waals surface area contributed by atoms with E-state index in [1.165, 1.54) is 0 Å². The van der Waals surface area contributed by atoms with Crippen LogP contribution in [0.25, 0.3) is 0 Å². The third kappa shape index (κ3) is 2.55. The number of hydrogen-bond acceptors (Lipinski definition) is 4. The van der Waals surface area contributed by atoms with Gasteiger partial charge in [0.1, 0.15) is 6.54 Å². The van der Waals surface area contributed by atoms with Gasteiger partial charge in [0.25, 0.3) is 0 Å². The van der Waals surface area contributed by atoms with E-state index in [9.17, 15) is 0 Å². The zero-order valence-corrected chi connectivity index (χ0v) is 8.69. The molecular formula is C10H15N5. The van der Waals surface area contributed by atoms with Gasteiger partial charge in [0.2, 0.25) is 0 Å². The summed E-state index contributed by atoms with van der Waals surface area (Å²) in [5.41, 5.74) is 1.12. The molecule has 0 radical (unpaired) electrons. The standard InChI is InChI=1S/C10H15N5/c11-1-4-15-9-13-7-10(15)8-14-5-2-12-3-6-14/h7,9,12H,2-6,8H2. The van der Waals surface area contributed by atoms with E-state index in [0.717, 1.165) is 38.4 Å². The Bertz CT molecular complexity index is 345. The van der Waals surface area contributed by atoms with Gasteiger partial charge in [-0.25, -0.2) is 4.98 Å². The molecule has 1 N–H and O–H groups in total. The monoisotopic (exact) mass is 205 g/mol. The summed E-state index contributed by atoms with van der Waals surface area (Å²) in [5, 5.41) is 12.0. The molecule has 0 unspecified atom stereocenters. The van der Waals surface area contributed by atoms with Crippen molar-refractivity contribution in [2.75, 3.05) is 26.2 Å². The number of aromatic nitrogens is 2. The molecule has 0 saturated carbocycles. The van der Waals surface area contributed by atoms with Crippen molar-refractivity contribution in [1.29, 1.82) is 5.26 Å². The summed E-state index contributed by atoms with van der Waals surface area (Å²) in [5.74, 6) is 0. The molecule has 0 atom stereocenters. The number of imidazole rings is 1. The van der Waals surface area contributed by atoms with Crippen LogP contribution in [0.1, 0.15) is 5.69 Å². The first-order valence-electron chi connectivity index (χ1n) is 5.19. The van der Waals surface area contributed by atoms with Crippen LogP contribution in [0.15, 0.2) is 12.5 Å². The molecule has 2 heterocycles. The largest absolute Gasteiger partial charge is 0.319 e. The van der Waals surface area contributed by atoms with Gasteiger partial charge in [0.15, 0.2) is 0 Å². The second-order valence-electron chi connectivity index (χ2n) is 3.70. The average molecular weight is 205 g/mol. The molecule has 2 rings (SSSR count). The molecule has 0 aromatic carbocycles. The second kappa shape index (κ2) is 4.91. The van der Waals surface area contributed by atoms with Gasteiger partial charge in [-0.15, -0.1) is 0 Å². The lowest BCUT2D eigenvalue weighted by molar-refractivity contribution is 0.228. The molecule has 15 heavy (non-hydrogen) atoms. The molecule has 0 amide bonds. The lowest BCUT2D eigenvalue weighted by atomic mass is 10.3. The minimum Gasteiger partial charge on any atom is -0.319 e. The molecule has 5 heteroatoms. The van der Waals surface area contributed by atoms with E-state index < -0.39 is 0 Å². The summed E-state index contributed by atoms with van der Waals surface area (Å²) in [4.78, 5) is 6.45. The van der Waals surface area contributed by atoms with Crippen LogP contribution in [0.5, 0.6) is 0 Å². The molecule has 80 valence electrons. The summed E-state index contributed by atoms with van der Waals surface area (Å²) >= 11 is 0. The second-order valence-corrected chi connectivity index (χ2v) is 3.70. The molecule has 1 aromatic heterocycles. The fourth-order valence-corrected chi connectivity index (χ4v) is 1.80. The maximum absolute atomic E-state index is 8.65. The van der Waals surface area contributed by atoms with Gasteiger partial charge in [0.05, 0.1) is 18.1 Å². The van der Waals surface area contributed by atoms with Gasteiger partial charge in [0, 0.05) is 38.9 Å². The molecular weight excluding hydrogens is 190 g/mol. The summed E-state index contributed by atoms with van der Waals surface area (Å²) in [6, 6.07) is 2.14. The Morgan fingerprint density at radius 3 is 3.00 bits per heavy atom.